The van der Waals surface area contributed by atoms with Crippen LogP contribution in [-0.2, 0) is 0 Å². The van der Waals surface area contributed by atoms with Gasteiger partial charge in [-0.3, -0.25) is 9.78 Å². The molecule has 0 bridgehead atoms. The third kappa shape index (κ3) is 2.55. The number of nitrogens with zero attached hydrogens (tertiary/aromatic N) is 2. The molecule has 1 aromatic heterocycles. The zero-order valence-corrected chi connectivity index (χ0v) is 9.97. The lowest BCUT2D eigenvalue weighted by atomic mass is 10.0. The Bertz CT molecular complexity index is 419. The molecule has 1 saturated heterocycles. The summed E-state index contributed by atoms with van der Waals surface area (Å²) in [6.45, 7) is 3.93. The number of hydrogen-bond donors (Lipinski definition) is 2. The lowest BCUT2D eigenvalue weighted by Gasteiger charge is -2.20. The smallest absolute Gasteiger partial charge is 0.267 e. The van der Waals surface area contributed by atoms with Gasteiger partial charge in [-0.15, -0.1) is 0 Å². The van der Waals surface area contributed by atoms with Crippen LogP contribution in [0.3, 0.4) is 0 Å². The lowest BCUT2D eigenvalue weighted by molar-refractivity contribution is 0.0995. The predicted octanol–water partition coefficient (Wildman–Crippen LogP) is 0.354. The summed E-state index contributed by atoms with van der Waals surface area (Å²) in [7, 11) is 0. The Morgan fingerprint density at radius 1 is 1.65 bits per heavy atom. The minimum atomic E-state index is -0.491. The van der Waals surface area contributed by atoms with E-state index in [1.54, 1.807) is 12.3 Å². The van der Waals surface area contributed by atoms with Crippen molar-refractivity contribution in [2.45, 2.75) is 19.4 Å². The van der Waals surface area contributed by atoms with Gasteiger partial charge in [0.25, 0.3) is 5.91 Å². The molecule has 2 unspecified atom stereocenters. The zero-order valence-electron chi connectivity index (χ0n) is 9.97. The summed E-state index contributed by atoms with van der Waals surface area (Å²) >= 11 is 0. The van der Waals surface area contributed by atoms with Gasteiger partial charge in [-0.05, 0) is 31.4 Å². The molecular weight excluding hydrogens is 216 g/mol. The van der Waals surface area contributed by atoms with Gasteiger partial charge in [0.1, 0.15) is 5.69 Å². The van der Waals surface area contributed by atoms with Gasteiger partial charge >= 0.3 is 0 Å². The standard InChI is InChI=1S/C12H18N4O/c1-8(13)9-3-5-16(7-9)10-2-4-15-11(6-10)12(14)17/h2,4,6,8-9H,3,5,7,13H2,1H3,(H2,14,17). The molecule has 1 aliphatic rings. The second kappa shape index (κ2) is 4.71. The van der Waals surface area contributed by atoms with Gasteiger partial charge in [0.2, 0.25) is 0 Å². The van der Waals surface area contributed by atoms with Crippen molar-refractivity contribution in [1.82, 2.24) is 4.98 Å². The van der Waals surface area contributed by atoms with Crippen LogP contribution < -0.4 is 16.4 Å². The third-order valence-electron chi connectivity index (χ3n) is 3.33. The van der Waals surface area contributed by atoms with Crippen LogP contribution in [0.4, 0.5) is 5.69 Å². The number of primary amides is 1. The summed E-state index contributed by atoms with van der Waals surface area (Å²) in [6.07, 6.45) is 2.71. The number of hydrogen-bond acceptors (Lipinski definition) is 4. The van der Waals surface area contributed by atoms with Gasteiger partial charge in [-0.2, -0.15) is 0 Å². The molecule has 17 heavy (non-hydrogen) atoms. The molecule has 2 heterocycles. The largest absolute Gasteiger partial charge is 0.371 e. The van der Waals surface area contributed by atoms with Crippen molar-refractivity contribution in [3.8, 4) is 0 Å². The highest BCUT2D eigenvalue weighted by Crippen LogP contribution is 2.25. The van der Waals surface area contributed by atoms with Crippen molar-refractivity contribution in [1.29, 1.82) is 0 Å². The van der Waals surface area contributed by atoms with Crippen LogP contribution in [0.1, 0.15) is 23.8 Å². The van der Waals surface area contributed by atoms with Gasteiger partial charge in [0, 0.05) is 31.0 Å². The predicted molar refractivity (Wildman–Crippen MR) is 66.7 cm³/mol. The lowest BCUT2D eigenvalue weighted by Crippen LogP contribution is -2.29. The van der Waals surface area contributed by atoms with E-state index in [0.717, 1.165) is 25.2 Å². The number of amides is 1. The van der Waals surface area contributed by atoms with E-state index in [-0.39, 0.29) is 6.04 Å². The first-order chi connectivity index (χ1) is 8.08. The van der Waals surface area contributed by atoms with Crippen LogP contribution in [0.25, 0.3) is 0 Å². The Kier molecular flexibility index (Phi) is 3.28. The van der Waals surface area contributed by atoms with Crippen LogP contribution in [0.15, 0.2) is 18.3 Å². The van der Waals surface area contributed by atoms with E-state index in [2.05, 4.69) is 9.88 Å². The molecule has 0 saturated carbocycles. The molecule has 1 amide bonds. The summed E-state index contributed by atoms with van der Waals surface area (Å²) in [4.78, 5) is 17.2. The van der Waals surface area contributed by atoms with E-state index in [1.807, 2.05) is 13.0 Å². The second-order valence-corrected chi connectivity index (χ2v) is 4.62. The van der Waals surface area contributed by atoms with Crippen molar-refractivity contribution in [2.75, 3.05) is 18.0 Å². The van der Waals surface area contributed by atoms with Crippen molar-refractivity contribution in [2.24, 2.45) is 17.4 Å². The normalized spacial score (nSPS) is 21.5. The fourth-order valence-electron chi connectivity index (χ4n) is 2.20. The first-order valence-electron chi connectivity index (χ1n) is 5.84. The second-order valence-electron chi connectivity index (χ2n) is 4.62. The SMILES string of the molecule is CC(N)C1CCN(c2ccnc(C(N)=O)c2)C1. The van der Waals surface area contributed by atoms with Gasteiger partial charge in [0.15, 0.2) is 0 Å². The molecule has 4 N–H and O–H groups in total. The number of carbonyl (C=O) groups is 1. The van der Waals surface area contributed by atoms with E-state index in [1.165, 1.54) is 0 Å². The van der Waals surface area contributed by atoms with Gasteiger partial charge in [0.05, 0.1) is 0 Å². The van der Waals surface area contributed by atoms with E-state index >= 15 is 0 Å². The maximum Gasteiger partial charge on any atom is 0.267 e. The molecule has 0 aliphatic carbocycles. The summed E-state index contributed by atoms with van der Waals surface area (Å²) in [5.41, 5.74) is 12.4. The van der Waals surface area contributed by atoms with Gasteiger partial charge in [-0.25, -0.2) is 0 Å². The maximum atomic E-state index is 11.1. The molecule has 1 aliphatic heterocycles. The molecule has 2 rings (SSSR count). The number of pyridine rings is 1. The topological polar surface area (TPSA) is 85.2 Å². The Morgan fingerprint density at radius 3 is 3.00 bits per heavy atom. The molecule has 0 radical (unpaired) electrons. The zero-order chi connectivity index (χ0) is 12.4. The van der Waals surface area contributed by atoms with Crippen molar-refractivity contribution in [3.05, 3.63) is 24.0 Å². The molecule has 0 aromatic carbocycles. The number of carbonyl (C=O) groups excluding carboxylic acids is 1. The van der Waals surface area contributed by atoms with E-state index in [9.17, 15) is 4.79 Å². The molecule has 92 valence electrons. The minimum absolute atomic E-state index is 0.206. The fraction of sp³-hybridized carbons (Fsp3) is 0.500. The van der Waals surface area contributed by atoms with Gasteiger partial charge < -0.3 is 16.4 Å². The van der Waals surface area contributed by atoms with Crippen LogP contribution in [0.5, 0.6) is 0 Å². The first-order valence-corrected chi connectivity index (χ1v) is 5.84. The quantitative estimate of drug-likeness (QED) is 0.790. The average Bonchev–Trinajstić information content (AvgIpc) is 2.78. The van der Waals surface area contributed by atoms with Crippen molar-refractivity contribution >= 4 is 11.6 Å². The molecule has 1 fully saturated rings. The molecule has 0 spiro atoms. The maximum absolute atomic E-state index is 11.1. The third-order valence-corrected chi connectivity index (χ3v) is 3.33. The summed E-state index contributed by atoms with van der Waals surface area (Å²) in [5, 5.41) is 0. The number of anilines is 1. The minimum Gasteiger partial charge on any atom is -0.371 e. The van der Waals surface area contributed by atoms with Crippen LogP contribution >= 0.6 is 0 Å². The number of rotatable bonds is 3. The molecule has 2 atom stereocenters. The van der Waals surface area contributed by atoms with E-state index in [0.29, 0.717) is 11.6 Å². The van der Waals surface area contributed by atoms with Crippen molar-refractivity contribution < 1.29 is 4.79 Å². The van der Waals surface area contributed by atoms with Gasteiger partial charge in [-0.1, -0.05) is 0 Å². The highest BCUT2D eigenvalue weighted by molar-refractivity contribution is 5.91. The Balaban J connectivity index is 2.13. The summed E-state index contributed by atoms with van der Waals surface area (Å²) < 4.78 is 0. The van der Waals surface area contributed by atoms with Crippen LogP contribution in [0, 0.1) is 5.92 Å². The Morgan fingerprint density at radius 2 is 2.41 bits per heavy atom. The molecule has 1 aromatic rings. The first kappa shape index (κ1) is 11.9. The highest BCUT2D eigenvalue weighted by Gasteiger charge is 2.25. The summed E-state index contributed by atoms with van der Waals surface area (Å²) in [6, 6.07) is 3.85. The average molecular weight is 234 g/mol. The molecule has 5 heteroatoms. The van der Waals surface area contributed by atoms with Crippen LogP contribution in [0.2, 0.25) is 0 Å². The van der Waals surface area contributed by atoms with Crippen LogP contribution in [-0.4, -0.2) is 30.0 Å². The number of aromatic nitrogens is 1. The Hall–Kier alpha value is -1.62. The summed E-state index contributed by atoms with van der Waals surface area (Å²) in [5.74, 6) is 0.0231. The highest BCUT2D eigenvalue weighted by atomic mass is 16.1. The molecular formula is C12H18N4O. The monoisotopic (exact) mass is 234 g/mol. The van der Waals surface area contributed by atoms with E-state index in [4.69, 9.17) is 11.5 Å². The molecule has 5 nitrogen and oxygen atoms in total. The van der Waals surface area contributed by atoms with Crippen molar-refractivity contribution in [3.63, 3.8) is 0 Å². The van der Waals surface area contributed by atoms with E-state index < -0.39 is 5.91 Å². The number of nitrogens with two attached hydrogens (primary N) is 2. The fourth-order valence-corrected chi connectivity index (χ4v) is 2.20. The Labute approximate surface area is 101 Å².